The number of benzene rings is 2. The predicted octanol–water partition coefficient (Wildman–Crippen LogP) is 6.70. The highest BCUT2D eigenvalue weighted by Gasteiger charge is 2.29. The topological polar surface area (TPSA) is 84.9 Å². The van der Waals surface area contributed by atoms with Gasteiger partial charge in [0.1, 0.15) is 23.0 Å². The van der Waals surface area contributed by atoms with Gasteiger partial charge in [-0.25, -0.2) is 0 Å². The Labute approximate surface area is 254 Å². The number of unbranched alkanes of at least 4 members (excludes halogenated alkanes) is 1. The van der Waals surface area contributed by atoms with Gasteiger partial charge in [-0.1, -0.05) is 42.9 Å². The molecule has 0 radical (unpaired) electrons. The van der Waals surface area contributed by atoms with Crippen LogP contribution in [0.2, 0.25) is 0 Å². The van der Waals surface area contributed by atoms with Crippen LogP contribution in [-0.2, 0) is 9.53 Å². The van der Waals surface area contributed by atoms with E-state index in [1.54, 1.807) is 4.90 Å². The van der Waals surface area contributed by atoms with E-state index in [0.29, 0.717) is 23.8 Å². The molecule has 0 aliphatic carbocycles. The quantitative estimate of drug-likeness (QED) is 0.229. The molecule has 2 heterocycles. The number of carbonyl (C=O) groups is 2. The van der Waals surface area contributed by atoms with Crippen LogP contribution >= 0.6 is 11.3 Å². The Morgan fingerprint density at radius 1 is 1.05 bits per heavy atom. The van der Waals surface area contributed by atoms with Crippen molar-refractivity contribution in [1.29, 1.82) is 0 Å². The normalized spacial score (nSPS) is 14.5. The largest absolute Gasteiger partial charge is 0.492 e. The van der Waals surface area contributed by atoms with Crippen molar-refractivity contribution in [2.24, 2.45) is 5.92 Å². The minimum absolute atomic E-state index is 0.0190. The van der Waals surface area contributed by atoms with Crippen molar-refractivity contribution in [2.75, 3.05) is 37.7 Å². The van der Waals surface area contributed by atoms with Crippen LogP contribution in [-0.4, -0.2) is 65.4 Å². The third-order valence-electron chi connectivity index (χ3n) is 7.34. The second-order valence-corrected chi connectivity index (χ2v) is 13.0. The number of esters is 1. The summed E-state index contributed by atoms with van der Waals surface area (Å²) in [5.41, 5.74) is 3.24. The first-order valence-corrected chi connectivity index (χ1v) is 15.8. The molecule has 0 N–H and O–H groups in total. The molecule has 4 rings (SSSR count). The van der Waals surface area contributed by atoms with Crippen molar-refractivity contribution >= 4 is 28.3 Å². The molecule has 1 amide bonds. The van der Waals surface area contributed by atoms with E-state index in [2.05, 4.69) is 34.2 Å². The molecular weight excluding hydrogens is 548 g/mol. The first-order chi connectivity index (χ1) is 20.1. The smallest absolute Gasteiger partial charge is 0.309 e. The van der Waals surface area contributed by atoms with Gasteiger partial charge in [0.05, 0.1) is 5.92 Å². The Morgan fingerprint density at radius 2 is 1.71 bits per heavy atom. The molecule has 0 bridgehead atoms. The van der Waals surface area contributed by atoms with E-state index in [9.17, 15) is 9.59 Å². The number of rotatable bonds is 11. The second-order valence-electron chi connectivity index (χ2n) is 12.0. The number of likely N-dealkylation sites (tertiary alicyclic amines) is 1. The first kappa shape index (κ1) is 31.6. The van der Waals surface area contributed by atoms with Crippen molar-refractivity contribution in [3.05, 3.63) is 59.2 Å². The number of carbonyl (C=O) groups excluding carboxylic acids is 2. The third-order valence-corrected chi connectivity index (χ3v) is 8.33. The minimum atomic E-state index is -0.442. The molecule has 8 nitrogen and oxygen atoms in total. The van der Waals surface area contributed by atoms with E-state index in [1.165, 1.54) is 11.3 Å². The van der Waals surface area contributed by atoms with E-state index >= 15 is 0 Å². The SMILES string of the molecule is CCCCN(C(=O)c1ccccc1)c1nnc(-c2cc(C)c(OCCN3CCC(C(=O)OC(C)(C)C)CC3)c(C)c2)s1. The molecule has 1 aliphatic heterocycles. The number of aromatic nitrogens is 2. The summed E-state index contributed by atoms with van der Waals surface area (Å²) in [6.07, 6.45) is 3.50. The summed E-state index contributed by atoms with van der Waals surface area (Å²) < 4.78 is 11.8. The molecule has 9 heteroatoms. The summed E-state index contributed by atoms with van der Waals surface area (Å²) >= 11 is 1.43. The van der Waals surface area contributed by atoms with Crippen LogP contribution in [0.15, 0.2) is 42.5 Å². The van der Waals surface area contributed by atoms with Gasteiger partial charge in [-0.3, -0.25) is 19.4 Å². The van der Waals surface area contributed by atoms with Crippen LogP contribution in [0.4, 0.5) is 5.13 Å². The average Bonchev–Trinajstić information content (AvgIpc) is 3.44. The van der Waals surface area contributed by atoms with Crippen LogP contribution in [0.25, 0.3) is 10.6 Å². The Balaban J connectivity index is 1.36. The summed E-state index contributed by atoms with van der Waals surface area (Å²) in [4.78, 5) is 29.8. The van der Waals surface area contributed by atoms with Crippen molar-refractivity contribution in [1.82, 2.24) is 15.1 Å². The van der Waals surface area contributed by atoms with Gasteiger partial charge in [0, 0.05) is 24.2 Å². The van der Waals surface area contributed by atoms with Crippen LogP contribution in [0.3, 0.4) is 0 Å². The Kier molecular flexibility index (Phi) is 10.7. The third kappa shape index (κ3) is 8.38. The van der Waals surface area contributed by atoms with E-state index in [0.717, 1.165) is 72.8 Å². The van der Waals surface area contributed by atoms with Gasteiger partial charge in [0.25, 0.3) is 5.91 Å². The number of hydrogen-bond acceptors (Lipinski definition) is 8. The number of amides is 1. The predicted molar refractivity (Wildman–Crippen MR) is 168 cm³/mol. The summed E-state index contributed by atoms with van der Waals surface area (Å²) in [6, 6.07) is 13.5. The lowest BCUT2D eigenvalue weighted by atomic mass is 9.96. The van der Waals surface area contributed by atoms with E-state index in [4.69, 9.17) is 9.47 Å². The van der Waals surface area contributed by atoms with E-state index in [-0.39, 0.29) is 17.8 Å². The summed E-state index contributed by atoms with van der Waals surface area (Å²) in [5, 5.41) is 10.3. The van der Waals surface area contributed by atoms with Gasteiger partial charge in [-0.2, -0.15) is 0 Å². The van der Waals surface area contributed by atoms with Crippen LogP contribution in [0.5, 0.6) is 5.75 Å². The van der Waals surface area contributed by atoms with E-state index < -0.39 is 5.60 Å². The van der Waals surface area contributed by atoms with Crippen LogP contribution in [0, 0.1) is 19.8 Å². The van der Waals surface area contributed by atoms with Crippen molar-refractivity contribution < 1.29 is 19.1 Å². The van der Waals surface area contributed by atoms with Crippen molar-refractivity contribution in [3.63, 3.8) is 0 Å². The van der Waals surface area contributed by atoms with Crippen LogP contribution in [0.1, 0.15) is 74.9 Å². The Hall–Kier alpha value is -3.30. The molecule has 1 saturated heterocycles. The fourth-order valence-electron chi connectivity index (χ4n) is 5.13. The van der Waals surface area contributed by atoms with Gasteiger partial charge >= 0.3 is 5.97 Å². The lowest BCUT2D eigenvalue weighted by molar-refractivity contribution is -0.161. The van der Waals surface area contributed by atoms with Gasteiger partial charge in [0.2, 0.25) is 5.13 Å². The van der Waals surface area contributed by atoms with E-state index in [1.807, 2.05) is 65.0 Å². The first-order valence-electron chi connectivity index (χ1n) is 15.0. The van der Waals surface area contributed by atoms with Gasteiger partial charge in [0.15, 0.2) is 0 Å². The Morgan fingerprint density at radius 3 is 2.33 bits per heavy atom. The summed E-state index contributed by atoms with van der Waals surface area (Å²) in [5.74, 6) is 0.728. The lowest BCUT2D eigenvalue weighted by Crippen LogP contribution is -2.40. The highest BCUT2D eigenvalue weighted by Crippen LogP contribution is 2.34. The summed E-state index contributed by atoms with van der Waals surface area (Å²) in [7, 11) is 0. The zero-order valence-corrected chi connectivity index (χ0v) is 26.6. The molecule has 0 spiro atoms. The molecule has 3 aromatic rings. The van der Waals surface area contributed by atoms with Gasteiger partial charge in [-0.05, 0) is 102 Å². The standard InChI is InChI=1S/C33H44N4O4S/c1-7-8-16-37(30(38)25-12-10-9-11-13-25)32-35-34-29(42-32)27-21-23(2)28(24(3)22-27)40-20-19-36-17-14-26(15-18-36)31(39)41-33(4,5)6/h9-13,21-22,26H,7-8,14-20H2,1-6H3. The summed E-state index contributed by atoms with van der Waals surface area (Å²) in [6.45, 7) is 15.7. The second kappa shape index (κ2) is 14.2. The molecule has 0 saturated carbocycles. The van der Waals surface area contributed by atoms with Gasteiger partial charge < -0.3 is 9.47 Å². The molecule has 2 aromatic carbocycles. The molecule has 1 aromatic heterocycles. The Bertz CT molecular complexity index is 1320. The number of aryl methyl sites for hydroxylation is 2. The van der Waals surface area contributed by atoms with Gasteiger partial charge in [-0.15, -0.1) is 10.2 Å². The number of ether oxygens (including phenoxy) is 2. The molecule has 42 heavy (non-hydrogen) atoms. The highest BCUT2D eigenvalue weighted by atomic mass is 32.1. The highest BCUT2D eigenvalue weighted by molar-refractivity contribution is 7.18. The number of anilines is 1. The fourth-order valence-corrected chi connectivity index (χ4v) is 5.99. The zero-order valence-electron chi connectivity index (χ0n) is 25.8. The molecule has 0 atom stereocenters. The minimum Gasteiger partial charge on any atom is -0.492 e. The molecular formula is C33H44N4O4S. The van der Waals surface area contributed by atoms with Crippen molar-refractivity contribution in [2.45, 2.75) is 72.8 Å². The average molecular weight is 593 g/mol. The number of hydrogen-bond donors (Lipinski definition) is 0. The molecule has 1 fully saturated rings. The fraction of sp³-hybridized carbons (Fsp3) is 0.515. The maximum Gasteiger partial charge on any atom is 0.309 e. The lowest BCUT2D eigenvalue weighted by Gasteiger charge is -2.32. The van der Waals surface area contributed by atoms with Crippen molar-refractivity contribution in [3.8, 4) is 16.3 Å². The monoisotopic (exact) mass is 592 g/mol. The molecule has 226 valence electrons. The number of nitrogens with zero attached hydrogens (tertiary/aromatic N) is 4. The van der Waals surface area contributed by atoms with Crippen LogP contribution < -0.4 is 9.64 Å². The maximum atomic E-state index is 13.3. The molecule has 0 unspecified atom stereocenters. The maximum absolute atomic E-state index is 13.3. The zero-order chi connectivity index (χ0) is 30.3. The molecule has 1 aliphatic rings. The number of piperidine rings is 1.